The number of nitrogens with zero attached hydrogens (tertiary/aromatic N) is 5. The van der Waals surface area contributed by atoms with Crippen molar-refractivity contribution in [3.05, 3.63) is 30.0 Å². The van der Waals surface area contributed by atoms with Gasteiger partial charge in [-0.2, -0.15) is 13.2 Å². The lowest BCUT2D eigenvalue weighted by molar-refractivity contribution is -0.168. The van der Waals surface area contributed by atoms with Crippen LogP contribution < -0.4 is 19.9 Å². The number of Topliss-reactive ketones (excluding diaryl/α,β-unsaturated/α-hetero) is 1. The Labute approximate surface area is 222 Å². The summed E-state index contributed by atoms with van der Waals surface area (Å²) in [6.45, 7) is 6.46. The lowest BCUT2D eigenvalue weighted by Crippen LogP contribution is -2.48. The molecule has 14 heteroatoms. The zero-order chi connectivity index (χ0) is 27.9. The van der Waals surface area contributed by atoms with Crippen molar-refractivity contribution < 1.29 is 37.0 Å². The van der Waals surface area contributed by atoms with Gasteiger partial charge in [0.2, 0.25) is 5.88 Å². The van der Waals surface area contributed by atoms with E-state index in [-0.39, 0.29) is 42.0 Å². The Kier molecular flexibility index (Phi) is 7.10. The van der Waals surface area contributed by atoms with Crippen LogP contribution in [-0.2, 0) is 9.47 Å². The molecule has 0 unspecified atom stereocenters. The minimum absolute atomic E-state index is 0.119. The van der Waals surface area contributed by atoms with Crippen molar-refractivity contribution in [3.63, 3.8) is 0 Å². The highest BCUT2D eigenvalue weighted by Crippen LogP contribution is 2.39. The molecule has 0 saturated carbocycles. The van der Waals surface area contributed by atoms with Crippen molar-refractivity contribution in [1.29, 1.82) is 0 Å². The van der Waals surface area contributed by atoms with E-state index in [1.54, 1.807) is 12.1 Å². The Morgan fingerprint density at radius 3 is 2.69 bits per heavy atom. The fraction of sp³-hybridized carbons (Fsp3) is 0.560. The van der Waals surface area contributed by atoms with Crippen molar-refractivity contribution in [2.75, 3.05) is 41.4 Å². The number of fused-ring (bicyclic) bond motifs is 4. The molecule has 0 aromatic carbocycles. The van der Waals surface area contributed by atoms with Crippen molar-refractivity contribution in [2.45, 2.75) is 57.7 Å². The van der Waals surface area contributed by atoms with Gasteiger partial charge in [-0.25, -0.2) is 9.78 Å². The van der Waals surface area contributed by atoms with Gasteiger partial charge in [0.15, 0.2) is 23.2 Å². The van der Waals surface area contributed by atoms with E-state index in [1.807, 2.05) is 18.7 Å². The summed E-state index contributed by atoms with van der Waals surface area (Å²) < 4.78 is 55.7. The second kappa shape index (κ2) is 10.2. The number of rotatable bonds is 7. The number of amides is 2. The van der Waals surface area contributed by atoms with Crippen molar-refractivity contribution in [1.82, 2.24) is 15.2 Å². The Morgan fingerprint density at radius 2 is 2.03 bits per heavy atom. The zero-order valence-electron chi connectivity index (χ0n) is 21.7. The maximum absolute atomic E-state index is 13.3. The molecule has 2 fully saturated rings. The fourth-order valence-corrected chi connectivity index (χ4v) is 4.78. The summed E-state index contributed by atoms with van der Waals surface area (Å²) in [5.41, 5.74) is 0.516. The molecule has 3 aliphatic rings. The van der Waals surface area contributed by atoms with Crippen LogP contribution in [0.2, 0.25) is 0 Å². The zero-order valence-corrected chi connectivity index (χ0v) is 21.7. The van der Waals surface area contributed by atoms with E-state index >= 15 is 0 Å². The van der Waals surface area contributed by atoms with Crippen LogP contribution in [0.1, 0.15) is 44.1 Å². The highest BCUT2D eigenvalue weighted by Gasteiger charge is 2.42. The number of nitrogens with one attached hydrogen (secondary N) is 1. The first-order valence-corrected chi connectivity index (χ1v) is 12.6. The summed E-state index contributed by atoms with van der Waals surface area (Å²) >= 11 is 0. The number of hydrogen-bond acceptors (Lipinski definition) is 9. The number of halogens is 3. The summed E-state index contributed by atoms with van der Waals surface area (Å²) in [6.07, 6.45) is -4.79. The van der Waals surface area contributed by atoms with Gasteiger partial charge in [0.05, 0.1) is 24.3 Å². The third kappa shape index (κ3) is 5.91. The van der Waals surface area contributed by atoms with Crippen LogP contribution in [0.5, 0.6) is 5.88 Å². The number of hydrogen-bond donors (Lipinski definition) is 1. The molecule has 2 saturated heterocycles. The number of ether oxygens (including phenoxy) is 3. The molecule has 0 aliphatic carbocycles. The summed E-state index contributed by atoms with van der Waals surface area (Å²) in [6, 6.07) is 5.37. The molecule has 39 heavy (non-hydrogen) atoms. The summed E-state index contributed by atoms with van der Waals surface area (Å²) in [5, 5.41) is 10.7. The average molecular weight is 551 g/mol. The SMILES string of the molecule is C[C@@H](CC(=O)c1ccc2c(n1)N(C(=O)Nc1ccc(OC[C@@H]3COC(C)(C)O3)nn1)[C@H]1CCN2C1)C(F)(F)F. The third-order valence-electron chi connectivity index (χ3n) is 6.87. The largest absolute Gasteiger partial charge is 0.474 e. The number of alkyl halides is 3. The van der Waals surface area contributed by atoms with E-state index < -0.39 is 36.1 Å². The fourth-order valence-electron chi connectivity index (χ4n) is 4.78. The molecule has 2 aromatic rings. The quantitative estimate of drug-likeness (QED) is 0.514. The van der Waals surface area contributed by atoms with E-state index in [0.717, 1.165) is 6.92 Å². The molecule has 210 valence electrons. The molecule has 11 nitrogen and oxygen atoms in total. The minimum Gasteiger partial charge on any atom is -0.474 e. The van der Waals surface area contributed by atoms with Gasteiger partial charge >= 0.3 is 12.2 Å². The standard InChI is InChI=1S/C25H29F3N6O5/c1-14(25(26,27)28)10-19(35)17-4-5-18-22(29-17)34(15-8-9-33(18)11-15)23(36)30-20-6-7-21(32-31-20)37-12-16-13-38-24(2,3)39-16/h4-7,14-16H,8-13H2,1-3H3,(H,30,31,36)/t14-,15-,16+/m0/s1. The lowest BCUT2D eigenvalue weighted by atomic mass is 10.0. The topological polar surface area (TPSA) is 119 Å². The summed E-state index contributed by atoms with van der Waals surface area (Å²) in [5.74, 6) is -2.58. The Morgan fingerprint density at radius 1 is 1.23 bits per heavy atom. The predicted octanol–water partition coefficient (Wildman–Crippen LogP) is 3.80. The predicted molar refractivity (Wildman–Crippen MR) is 133 cm³/mol. The van der Waals surface area contributed by atoms with Crippen LogP contribution in [-0.4, -0.2) is 77.4 Å². The molecule has 5 rings (SSSR count). The molecule has 5 heterocycles. The Bertz CT molecular complexity index is 1240. The number of anilines is 3. The van der Waals surface area contributed by atoms with Gasteiger partial charge in [-0.1, -0.05) is 6.92 Å². The van der Waals surface area contributed by atoms with Crippen LogP contribution in [0.4, 0.5) is 35.3 Å². The number of aromatic nitrogens is 3. The molecular formula is C25H29F3N6O5. The second-order valence-corrected chi connectivity index (χ2v) is 10.3. The molecule has 3 aliphatic heterocycles. The van der Waals surface area contributed by atoms with Crippen LogP contribution in [0.3, 0.4) is 0 Å². The number of urea groups is 1. The van der Waals surface area contributed by atoms with Crippen LogP contribution in [0.15, 0.2) is 24.3 Å². The van der Waals surface area contributed by atoms with E-state index in [9.17, 15) is 22.8 Å². The number of carbonyl (C=O) groups is 2. The van der Waals surface area contributed by atoms with E-state index in [2.05, 4.69) is 20.5 Å². The van der Waals surface area contributed by atoms with Gasteiger partial charge < -0.3 is 19.1 Å². The monoisotopic (exact) mass is 550 g/mol. The normalized spacial score (nSPS) is 22.4. The van der Waals surface area contributed by atoms with Gasteiger partial charge in [0, 0.05) is 25.6 Å². The van der Waals surface area contributed by atoms with Crippen LogP contribution in [0, 0.1) is 5.92 Å². The van der Waals surface area contributed by atoms with Crippen LogP contribution >= 0.6 is 0 Å². The maximum atomic E-state index is 13.3. The molecule has 0 spiro atoms. The van der Waals surface area contributed by atoms with Gasteiger partial charge in [-0.3, -0.25) is 15.0 Å². The van der Waals surface area contributed by atoms with Crippen LogP contribution in [0.25, 0.3) is 0 Å². The highest BCUT2D eigenvalue weighted by molar-refractivity contribution is 6.05. The molecule has 3 atom stereocenters. The average Bonchev–Trinajstić information content (AvgIpc) is 3.45. The van der Waals surface area contributed by atoms with Crippen molar-refractivity contribution in [2.24, 2.45) is 5.92 Å². The van der Waals surface area contributed by atoms with Gasteiger partial charge in [0.25, 0.3) is 0 Å². The third-order valence-corrected chi connectivity index (χ3v) is 6.87. The number of carbonyl (C=O) groups excluding carboxylic acids is 2. The first-order chi connectivity index (χ1) is 18.4. The van der Waals surface area contributed by atoms with Gasteiger partial charge in [0.1, 0.15) is 18.4 Å². The molecule has 1 N–H and O–H groups in total. The Hall–Kier alpha value is -3.52. The molecule has 0 radical (unpaired) electrons. The molecule has 2 bridgehead atoms. The summed E-state index contributed by atoms with van der Waals surface area (Å²) in [4.78, 5) is 33.8. The number of ketones is 1. The second-order valence-electron chi connectivity index (χ2n) is 10.3. The number of pyridine rings is 1. The molecule has 2 aromatic heterocycles. The van der Waals surface area contributed by atoms with E-state index in [4.69, 9.17) is 14.2 Å². The van der Waals surface area contributed by atoms with Crippen molar-refractivity contribution in [3.8, 4) is 5.88 Å². The first-order valence-electron chi connectivity index (χ1n) is 12.6. The summed E-state index contributed by atoms with van der Waals surface area (Å²) in [7, 11) is 0. The van der Waals surface area contributed by atoms with E-state index in [0.29, 0.717) is 31.8 Å². The minimum atomic E-state index is -4.49. The maximum Gasteiger partial charge on any atom is 0.391 e. The Balaban J connectivity index is 1.27. The smallest absolute Gasteiger partial charge is 0.391 e. The van der Waals surface area contributed by atoms with E-state index in [1.165, 1.54) is 17.0 Å². The van der Waals surface area contributed by atoms with Gasteiger partial charge in [-0.05, 0) is 38.5 Å². The molecular weight excluding hydrogens is 521 g/mol. The first kappa shape index (κ1) is 27.1. The van der Waals surface area contributed by atoms with Gasteiger partial charge in [-0.15, -0.1) is 10.2 Å². The highest BCUT2D eigenvalue weighted by atomic mass is 19.4. The molecule has 2 amide bonds. The lowest BCUT2D eigenvalue weighted by Gasteiger charge is -2.35. The van der Waals surface area contributed by atoms with Crippen molar-refractivity contribution >= 4 is 29.1 Å².